The quantitative estimate of drug-likeness (QED) is 0.0520. The Balaban J connectivity index is 0.00000506. The molecular formula is C33H32Cl2LiNO6. The van der Waals surface area contributed by atoms with E-state index in [4.69, 9.17) is 42.1 Å². The van der Waals surface area contributed by atoms with Gasteiger partial charge in [0.1, 0.15) is 30.5 Å². The van der Waals surface area contributed by atoms with Crippen molar-refractivity contribution in [2.75, 3.05) is 19.6 Å². The molecule has 7 nitrogen and oxygen atoms in total. The Kier molecular flexibility index (Phi) is 13.0. The molecule has 1 heterocycles. The van der Waals surface area contributed by atoms with Gasteiger partial charge in [0.15, 0.2) is 6.29 Å². The number of ether oxygens (including phenoxy) is 4. The Morgan fingerprint density at radius 1 is 0.884 bits per heavy atom. The van der Waals surface area contributed by atoms with Crippen molar-refractivity contribution in [1.82, 2.24) is 4.98 Å². The van der Waals surface area contributed by atoms with Crippen LogP contribution >= 0.6 is 23.2 Å². The van der Waals surface area contributed by atoms with Crippen molar-refractivity contribution in [1.29, 1.82) is 0 Å². The van der Waals surface area contributed by atoms with Crippen molar-refractivity contribution in [3.63, 3.8) is 0 Å². The molecule has 0 unspecified atom stereocenters. The molecule has 43 heavy (non-hydrogen) atoms. The summed E-state index contributed by atoms with van der Waals surface area (Å²) < 4.78 is 22.7. The number of hydrogen-bond acceptors (Lipinski definition) is 7. The molecular weight excluding hydrogens is 584 g/mol. The monoisotopic (exact) mass is 615 g/mol. The van der Waals surface area contributed by atoms with Crippen LogP contribution in [0, 0.1) is 13.8 Å². The van der Waals surface area contributed by atoms with Gasteiger partial charge in [-0.2, -0.15) is 0 Å². The average Bonchev–Trinajstić information content (AvgIpc) is 3.01. The molecule has 0 fully saturated rings. The fraction of sp³-hybridized carbons (Fsp3) is 0.242. The summed E-state index contributed by atoms with van der Waals surface area (Å²) in [6.07, 6.45) is 4.42. The van der Waals surface area contributed by atoms with E-state index in [1.807, 2.05) is 31.2 Å². The van der Waals surface area contributed by atoms with Crippen molar-refractivity contribution in [3.8, 4) is 28.4 Å². The average molecular weight is 616 g/mol. The normalized spacial score (nSPS) is 10.4. The second-order valence-corrected chi connectivity index (χ2v) is 10.3. The standard InChI is InChI=1S/C33H31Cl2NO6.Li.H/c1-21-24(7-4-8-27(21)28-9-5-10-30(22(28)2)40-12-6-11-34)20-42-32-15-31(26(18-37)14-29(32)35)41-19-23-13-25(17-36-16-23)33(38)39-3;;/h4-5,7-10,13-18H,6,11-12,19-20H2,1-3H3;;. The first-order valence-electron chi connectivity index (χ1n) is 13.3. The van der Waals surface area contributed by atoms with Crippen molar-refractivity contribution in [2.45, 2.75) is 33.5 Å². The summed E-state index contributed by atoms with van der Waals surface area (Å²) in [5.74, 6) is 1.55. The molecule has 0 saturated carbocycles. The van der Waals surface area contributed by atoms with Crippen LogP contribution < -0.4 is 14.2 Å². The fourth-order valence-corrected chi connectivity index (χ4v) is 4.76. The summed E-state index contributed by atoms with van der Waals surface area (Å²) in [4.78, 5) is 27.6. The SMILES string of the molecule is COC(=O)c1cncc(COc2cc(OCc3cccc(-c4cccc(OCCCCl)c4C)c3C)c(Cl)cc2C=O)c1.[LiH]. The van der Waals surface area contributed by atoms with Gasteiger partial charge in [-0.25, -0.2) is 4.79 Å². The van der Waals surface area contributed by atoms with Crippen LogP contribution in [-0.2, 0) is 18.0 Å². The van der Waals surface area contributed by atoms with E-state index in [0.717, 1.165) is 40.0 Å². The van der Waals surface area contributed by atoms with Crippen molar-refractivity contribution >= 4 is 54.3 Å². The molecule has 3 aromatic carbocycles. The van der Waals surface area contributed by atoms with E-state index in [2.05, 4.69) is 24.0 Å². The van der Waals surface area contributed by atoms with Gasteiger partial charge in [0, 0.05) is 29.9 Å². The maximum absolute atomic E-state index is 11.8. The number of carbonyl (C=O) groups excluding carboxylic acids is 2. The zero-order chi connectivity index (χ0) is 30.1. The Labute approximate surface area is 273 Å². The number of nitrogens with zero attached hydrogens (tertiary/aromatic N) is 1. The molecule has 0 aliphatic carbocycles. The van der Waals surface area contributed by atoms with E-state index in [-0.39, 0.29) is 42.7 Å². The van der Waals surface area contributed by atoms with E-state index in [0.29, 0.717) is 41.4 Å². The van der Waals surface area contributed by atoms with Gasteiger partial charge in [0.05, 0.1) is 29.9 Å². The van der Waals surface area contributed by atoms with Gasteiger partial charge in [-0.1, -0.05) is 41.9 Å². The summed E-state index contributed by atoms with van der Waals surface area (Å²) in [5.41, 5.74) is 6.44. The Morgan fingerprint density at radius 2 is 1.60 bits per heavy atom. The number of esters is 1. The predicted octanol–water partition coefficient (Wildman–Crippen LogP) is 7.14. The Hall–Kier alpha value is -3.47. The topological polar surface area (TPSA) is 84.0 Å². The van der Waals surface area contributed by atoms with Crippen LogP contribution in [0.1, 0.15) is 49.4 Å². The van der Waals surface area contributed by atoms with Gasteiger partial charge in [-0.05, 0) is 66.3 Å². The van der Waals surface area contributed by atoms with Crippen LogP contribution in [0.2, 0.25) is 5.02 Å². The van der Waals surface area contributed by atoms with Gasteiger partial charge >= 0.3 is 24.8 Å². The zero-order valence-corrected chi connectivity index (χ0v) is 25.1. The number of halogens is 2. The van der Waals surface area contributed by atoms with Gasteiger partial charge in [0.25, 0.3) is 0 Å². The number of aromatic nitrogens is 1. The zero-order valence-electron chi connectivity index (χ0n) is 23.6. The van der Waals surface area contributed by atoms with Crippen LogP contribution in [0.4, 0.5) is 0 Å². The van der Waals surface area contributed by atoms with Crippen LogP contribution in [0.5, 0.6) is 17.2 Å². The molecule has 10 heteroatoms. The van der Waals surface area contributed by atoms with E-state index in [1.165, 1.54) is 19.4 Å². The minimum atomic E-state index is -0.502. The number of benzene rings is 3. The third-order valence-corrected chi connectivity index (χ3v) is 7.30. The Morgan fingerprint density at radius 3 is 2.33 bits per heavy atom. The molecule has 0 radical (unpaired) electrons. The number of methoxy groups -OCH3 is 1. The summed E-state index contributed by atoms with van der Waals surface area (Å²) >= 11 is 12.3. The van der Waals surface area contributed by atoms with Crippen LogP contribution in [0.15, 0.2) is 67.0 Å². The summed E-state index contributed by atoms with van der Waals surface area (Å²) in [6.45, 7) is 4.97. The first-order chi connectivity index (χ1) is 20.4. The number of rotatable bonds is 13. The van der Waals surface area contributed by atoms with Crippen LogP contribution in [0.25, 0.3) is 11.1 Å². The minimum absolute atomic E-state index is 0. The van der Waals surface area contributed by atoms with Crippen molar-refractivity contribution in [2.24, 2.45) is 0 Å². The Bertz CT molecular complexity index is 1580. The first kappa shape index (κ1) is 34.0. The third kappa shape index (κ3) is 8.55. The maximum atomic E-state index is 11.8. The molecule has 0 spiro atoms. The predicted molar refractivity (Wildman–Crippen MR) is 170 cm³/mol. The molecule has 0 amide bonds. The number of aldehydes is 1. The molecule has 0 saturated heterocycles. The third-order valence-electron chi connectivity index (χ3n) is 6.74. The molecule has 4 rings (SSSR count). The first-order valence-corrected chi connectivity index (χ1v) is 14.2. The summed E-state index contributed by atoms with van der Waals surface area (Å²) in [5, 5.41) is 0.283. The second kappa shape index (κ2) is 16.4. The van der Waals surface area contributed by atoms with E-state index in [9.17, 15) is 9.59 Å². The van der Waals surface area contributed by atoms with Crippen LogP contribution in [0.3, 0.4) is 0 Å². The van der Waals surface area contributed by atoms with E-state index < -0.39 is 5.97 Å². The van der Waals surface area contributed by atoms with Crippen molar-refractivity contribution in [3.05, 3.63) is 105 Å². The molecule has 220 valence electrons. The molecule has 0 aliphatic heterocycles. The molecule has 0 atom stereocenters. The van der Waals surface area contributed by atoms with E-state index >= 15 is 0 Å². The van der Waals surface area contributed by atoms with Gasteiger partial charge < -0.3 is 18.9 Å². The molecule has 1 aromatic heterocycles. The summed E-state index contributed by atoms with van der Waals surface area (Å²) in [7, 11) is 1.30. The van der Waals surface area contributed by atoms with Crippen molar-refractivity contribution < 1.29 is 28.5 Å². The van der Waals surface area contributed by atoms with E-state index in [1.54, 1.807) is 18.3 Å². The molecule has 4 aromatic rings. The molecule has 0 aliphatic rings. The molecule has 0 bridgehead atoms. The number of carbonyl (C=O) groups is 2. The number of pyridine rings is 1. The number of alkyl halides is 1. The van der Waals surface area contributed by atoms with Crippen LogP contribution in [-0.4, -0.2) is 55.7 Å². The summed E-state index contributed by atoms with van der Waals surface area (Å²) in [6, 6.07) is 16.8. The number of hydrogen-bond donors (Lipinski definition) is 0. The second-order valence-electron chi connectivity index (χ2n) is 9.50. The van der Waals surface area contributed by atoms with Gasteiger partial charge in [-0.3, -0.25) is 9.78 Å². The van der Waals surface area contributed by atoms with Gasteiger partial charge in [-0.15, -0.1) is 11.6 Å². The molecule has 0 N–H and O–H groups in total. The van der Waals surface area contributed by atoms with Gasteiger partial charge in [0.2, 0.25) is 0 Å². The fourth-order valence-electron chi connectivity index (χ4n) is 4.42.